The number of aliphatic imine (C=N–C) groups is 1. The Labute approximate surface area is 166 Å². The van der Waals surface area contributed by atoms with Crippen LogP contribution in [0.25, 0.3) is 0 Å². The molecule has 2 fully saturated rings. The first kappa shape index (κ1) is 18.5. The van der Waals surface area contributed by atoms with Gasteiger partial charge in [0.2, 0.25) is 5.91 Å². The zero-order valence-corrected chi connectivity index (χ0v) is 16.4. The maximum Gasteiger partial charge on any atom is 0.227 e. The van der Waals surface area contributed by atoms with Gasteiger partial charge in [0.15, 0.2) is 5.96 Å². The summed E-state index contributed by atoms with van der Waals surface area (Å²) in [5, 5.41) is 6.88. The van der Waals surface area contributed by atoms with Crippen molar-refractivity contribution in [1.82, 2.24) is 10.6 Å². The topological polar surface area (TPSA) is 56.7 Å². The number of carbonyl (C=O) groups is 1. The highest BCUT2D eigenvalue weighted by atomic mass is 16.2. The largest absolute Gasteiger partial charge is 0.356 e. The zero-order valence-electron chi connectivity index (χ0n) is 16.4. The minimum atomic E-state index is 0.225. The van der Waals surface area contributed by atoms with Crippen LogP contribution >= 0.6 is 0 Å². The zero-order chi connectivity index (χ0) is 19.4. The van der Waals surface area contributed by atoms with E-state index in [1.165, 1.54) is 24.0 Å². The van der Waals surface area contributed by atoms with Gasteiger partial charge in [-0.05, 0) is 42.5 Å². The van der Waals surface area contributed by atoms with E-state index < -0.39 is 0 Å². The average Bonchev–Trinajstić information content (AvgIpc) is 3.42. The highest BCUT2D eigenvalue weighted by Crippen LogP contribution is 2.47. The van der Waals surface area contributed by atoms with E-state index in [9.17, 15) is 4.79 Å². The highest BCUT2D eigenvalue weighted by molar-refractivity contribution is 5.95. The maximum atomic E-state index is 11.9. The van der Waals surface area contributed by atoms with Gasteiger partial charge in [0.05, 0.1) is 0 Å². The molecule has 28 heavy (non-hydrogen) atoms. The number of hydrogen-bond donors (Lipinski definition) is 2. The summed E-state index contributed by atoms with van der Waals surface area (Å²) < 4.78 is 0. The first-order chi connectivity index (χ1) is 13.7. The average molecular weight is 377 g/mol. The molecule has 5 nitrogen and oxygen atoms in total. The molecular weight excluding hydrogens is 348 g/mol. The Bertz CT molecular complexity index is 841. The molecule has 0 bridgehead atoms. The molecule has 2 aromatic carbocycles. The molecule has 1 aliphatic carbocycles. The smallest absolute Gasteiger partial charge is 0.227 e. The fraction of sp³-hybridized carbons (Fsp3) is 0.391. The van der Waals surface area contributed by atoms with Crippen molar-refractivity contribution >= 4 is 17.6 Å². The molecule has 0 spiro atoms. The molecule has 4 rings (SSSR count). The van der Waals surface area contributed by atoms with Crippen molar-refractivity contribution in [3.63, 3.8) is 0 Å². The fourth-order valence-corrected chi connectivity index (χ4v) is 3.88. The van der Waals surface area contributed by atoms with Gasteiger partial charge >= 0.3 is 0 Å². The summed E-state index contributed by atoms with van der Waals surface area (Å²) in [5.74, 6) is 1.05. The molecule has 2 aliphatic rings. The van der Waals surface area contributed by atoms with Gasteiger partial charge in [0.25, 0.3) is 0 Å². The Kier molecular flexibility index (Phi) is 5.33. The van der Waals surface area contributed by atoms with E-state index in [-0.39, 0.29) is 11.3 Å². The minimum absolute atomic E-state index is 0.225. The van der Waals surface area contributed by atoms with E-state index in [2.05, 4.69) is 58.1 Å². The predicted octanol–water partition coefficient (Wildman–Crippen LogP) is 3.21. The minimum Gasteiger partial charge on any atom is -0.356 e. The van der Waals surface area contributed by atoms with E-state index >= 15 is 0 Å². The van der Waals surface area contributed by atoms with Crippen LogP contribution in [0.3, 0.4) is 0 Å². The van der Waals surface area contributed by atoms with Crippen molar-refractivity contribution in [2.24, 2.45) is 4.99 Å². The summed E-state index contributed by atoms with van der Waals surface area (Å²) >= 11 is 0. The van der Waals surface area contributed by atoms with Crippen molar-refractivity contribution in [3.8, 4) is 0 Å². The van der Waals surface area contributed by atoms with Gasteiger partial charge in [-0.1, -0.05) is 42.5 Å². The van der Waals surface area contributed by atoms with E-state index in [1.54, 1.807) is 7.05 Å². The summed E-state index contributed by atoms with van der Waals surface area (Å²) in [4.78, 5) is 18.1. The summed E-state index contributed by atoms with van der Waals surface area (Å²) in [7, 11) is 1.81. The number of nitrogens with one attached hydrogen (secondary N) is 2. The molecule has 2 N–H and O–H groups in total. The molecule has 1 aliphatic heterocycles. The lowest BCUT2D eigenvalue weighted by molar-refractivity contribution is -0.117. The van der Waals surface area contributed by atoms with Gasteiger partial charge in [-0.3, -0.25) is 9.79 Å². The standard InChI is InChI=1S/C23H28N4O/c1-24-22(26-17-23(13-14-23)19-6-3-2-4-7-19)25-16-18-9-11-20(12-10-18)27-15-5-8-21(27)28/h2-4,6-7,9-12H,5,8,13-17H2,1H3,(H2,24,25,26). The van der Waals surface area contributed by atoms with Crippen LogP contribution in [0.4, 0.5) is 5.69 Å². The van der Waals surface area contributed by atoms with E-state index in [0.717, 1.165) is 31.2 Å². The molecule has 1 saturated heterocycles. The molecule has 1 heterocycles. The van der Waals surface area contributed by atoms with Gasteiger partial charge in [0, 0.05) is 44.2 Å². The quantitative estimate of drug-likeness (QED) is 0.601. The van der Waals surface area contributed by atoms with Crippen molar-refractivity contribution < 1.29 is 4.79 Å². The van der Waals surface area contributed by atoms with Crippen LogP contribution < -0.4 is 15.5 Å². The van der Waals surface area contributed by atoms with Crippen molar-refractivity contribution in [2.45, 2.75) is 37.6 Å². The summed E-state index contributed by atoms with van der Waals surface area (Å²) in [5.41, 5.74) is 3.82. The number of hydrogen-bond acceptors (Lipinski definition) is 2. The third kappa shape index (κ3) is 4.03. The SMILES string of the molecule is CN=C(NCc1ccc(N2CCCC2=O)cc1)NCC1(c2ccccc2)CC1. The predicted molar refractivity (Wildman–Crippen MR) is 114 cm³/mol. The number of benzene rings is 2. The van der Waals surface area contributed by atoms with Gasteiger partial charge in [0.1, 0.15) is 0 Å². The summed E-state index contributed by atoms with van der Waals surface area (Å²) in [6.45, 7) is 2.43. The maximum absolute atomic E-state index is 11.9. The normalized spacial score (nSPS) is 18.2. The Morgan fingerprint density at radius 2 is 1.82 bits per heavy atom. The molecule has 0 aromatic heterocycles. The first-order valence-corrected chi connectivity index (χ1v) is 10.1. The number of anilines is 1. The molecule has 1 amide bonds. The Hall–Kier alpha value is -2.82. The van der Waals surface area contributed by atoms with Crippen LogP contribution in [0.15, 0.2) is 59.6 Å². The van der Waals surface area contributed by atoms with Crippen molar-refractivity contribution in [2.75, 3.05) is 25.0 Å². The van der Waals surface area contributed by atoms with Crippen LogP contribution in [-0.4, -0.2) is 32.0 Å². The van der Waals surface area contributed by atoms with Gasteiger partial charge < -0.3 is 15.5 Å². The number of carbonyl (C=O) groups excluding carboxylic acids is 1. The molecule has 2 aromatic rings. The summed E-state index contributed by atoms with van der Waals surface area (Å²) in [6, 6.07) is 19.0. The van der Waals surface area contributed by atoms with E-state index in [1.807, 2.05) is 17.0 Å². The molecule has 5 heteroatoms. The highest BCUT2D eigenvalue weighted by Gasteiger charge is 2.43. The fourth-order valence-electron chi connectivity index (χ4n) is 3.88. The number of amides is 1. The second kappa shape index (κ2) is 8.05. The van der Waals surface area contributed by atoms with E-state index in [4.69, 9.17) is 0 Å². The van der Waals surface area contributed by atoms with Crippen LogP contribution in [0.1, 0.15) is 36.8 Å². The van der Waals surface area contributed by atoms with Gasteiger partial charge in [-0.2, -0.15) is 0 Å². The van der Waals surface area contributed by atoms with E-state index in [0.29, 0.717) is 13.0 Å². The third-order valence-corrected chi connectivity index (χ3v) is 5.84. The lowest BCUT2D eigenvalue weighted by Crippen LogP contribution is -2.40. The van der Waals surface area contributed by atoms with Crippen LogP contribution in [0.2, 0.25) is 0 Å². The first-order valence-electron chi connectivity index (χ1n) is 10.1. The Morgan fingerprint density at radius 3 is 2.43 bits per heavy atom. The molecule has 0 unspecified atom stereocenters. The van der Waals surface area contributed by atoms with Crippen LogP contribution in [0, 0.1) is 0 Å². The third-order valence-electron chi connectivity index (χ3n) is 5.84. The molecular formula is C23H28N4O. The monoisotopic (exact) mass is 376 g/mol. The molecule has 146 valence electrons. The van der Waals surface area contributed by atoms with Crippen molar-refractivity contribution in [1.29, 1.82) is 0 Å². The van der Waals surface area contributed by atoms with Crippen LogP contribution in [0.5, 0.6) is 0 Å². The molecule has 0 atom stereocenters. The van der Waals surface area contributed by atoms with Gasteiger partial charge in [-0.15, -0.1) is 0 Å². The van der Waals surface area contributed by atoms with Crippen LogP contribution in [-0.2, 0) is 16.8 Å². The van der Waals surface area contributed by atoms with Crippen molar-refractivity contribution in [3.05, 3.63) is 65.7 Å². The lowest BCUT2D eigenvalue weighted by atomic mass is 9.96. The Balaban J connectivity index is 1.29. The summed E-state index contributed by atoms with van der Waals surface area (Å²) in [6.07, 6.45) is 4.06. The second-order valence-electron chi connectivity index (χ2n) is 7.74. The number of guanidine groups is 1. The second-order valence-corrected chi connectivity index (χ2v) is 7.74. The number of rotatable bonds is 6. The molecule has 0 radical (unpaired) electrons. The van der Waals surface area contributed by atoms with Gasteiger partial charge in [-0.25, -0.2) is 0 Å². The number of nitrogens with zero attached hydrogens (tertiary/aromatic N) is 2. The lowest BCUT2D eigenvalue weighted by Gasteiger charge is -2.19. The Morgan fingerprint density at radius 1 is 1.07 bits per heavy atom. The molecule has 1 saturated carbocycles.